The SMILES string of the molecule is C=C1NC(=O)CCC1Nc1cccc(NC(=O)CN2CCN(CCOc3ccc(N(C=S)C(C)(C)C(=O)CC)cc3CC)CC2)c1.CC.Cc1ccc(C#N)c(C(C)(F)F)c1. The second-order valence-electron chi connectivity index (χ2n) is 15.4. The van der Waals surface area contributed by atoms with Gasteiger partial charge in [-0.15, -0.1) is 0 Å². The molecule has 5 rings (SSSR count). The lowest BCUT2D eigenvalue weighted by Crippen LogP contribution is -2.49. The first-order chi connectivity index (χ1) is 29.0. The Balaban J connectivity index is 0.000000560. The number of ether oxygens (including phenoxy) is 1. The number of carbonyl (C=O) groups is 3. The highest BCUT2D eigenvalue weighted by atomic mass is 32.1. The number of piperazine rings is 1. The molecule has 0 aromatic heterocycles. The van der Waals surface area contributed by atoms with Gasteiger partial charge in [0.1, 0.15) is 12.4 Å². The van der Waals surface area contributed by atoms with Crippen molar-refractivity contribution >= 4 is 52.4 Å². The molecule has 1 unspecified atom stereocenters. The lowest BCUT2D eigenvalue weighted by molar-refractivity contribution is -0.122. The van der Waals surface area contributed by atoms with E-state index < -0.39 is 11.5 Å². The number of rotatable bonds is 16. The van der Waals surface area contributed by atoms with E-state index in [1.807, 2.05) is 75.9 Å². The monoisotopic (exact) mass is 859 g/mol. The van der Waals surface area contributed by atoms with Crippen LogP contribution in [-0.4, -0.2) is 90.3 Å². The molecule has 0 radical (unpaired) electrons. The summed E-state index contributed by atoms with van der Waals surface area (Å²) in [5.74, 6) is -2.02. The van der Waals surface area contributed by atoms with Crippen LogP contribution in [0.3, 0.4) is 0 Å². The number of ketones is 1. The topological polar surface area (TPSA) is 130 Å². The van der Waals surface area contributed by atoms with Gasteiger partial charge in [-0.1, -0.05) is 64.2 Å². The first-order valence-electron chi connectivity index (χ1n) is 21.0. The Morgan fingerprint density at radius 2 is 1.70 bits per heavy atom. The van der Waals surface area contributed by atoms with Gasteiger partial charge in [0.25, 0.3) is 5.92 Å². The van der Waals surface area contributed by atoms with Gasteiger partial charge in [0, 0.05) is 80.8 Å². The molecular formula is C47H63F2N7O4S. The van der Waals surface area contributed by atoms with Gasteiger partial charge in [0.2, 0.25) is 11.8 Å². The second kappa shape index (κ2) is 23.7. The Bertz CT molecular complexity index is 2020. The number of piperidine rings is 1. The van der Waals surface area contributed by atoms with Crippen molar-refractivity contribution in [2.75, 3.05) is 61.4 Å². The summed E-state index contributed by atoms with van der Waals surface area (Å²) in [6.45, 7) is 23.3. The number of anilines is 3. The number of hydrogen-bond donors (Lipinski definition) is 3. The summed E-state index contributed by atoms with van der Waals surface area (Å²) < 4.78 is 32.1. The fourth-order valence-electron chi connectivity index (χ4n) is 7.02. The lowest BCUT2D eigenvalue weighted by Gasteiger charge is -2.36. The molecule has 2 amide bonds. The van der Waals surface area contributed by atoms with Crippen LogP contribution < -0.4 is 25.6 Å². The van der Waals surface area contributed by atoms with Crippen LogP contribution in [0.15, 0.2) is 72.9 Å². The molecule has 11 nitrogen and oxygen atoms in total. The van der Waals surface area contributed by atoms with Crippen molar-refractivity contribution in [3.05, 3.63) is 95.2 Å². The van der Waals surface area contributed by atoms with E-state index in [9.17, 15) is 23.2 Å². The molecule has 330 valence electrons. The van der Waals surface area contributed by atoms with Gasteiger partial charge >= 0.3 is 0 Å². The lowest BCUT2D eigenvalue weighted by atomic mass is 9.94. The number of amides is 2. The zero-order chi connectivity index (χ0) is 45.3. The minimum Gasteiger partial charge on any atom is -0.492 e. The van der Waals surface area contributed by atoms with E-state index in [4.69, 9.17) is 22.2 Å². The summed E-state index contributed by atoms with van der Waals surface area (Å²) in [7, 11) is 0. The highest BCUT2D eigenvalue weighted by Gasteiger charge is 2.33. The molecule has 3 N–H and O–H groups in total. The third-order valence-corrected chi connectivity index (χ3v) is 10.8. The van der Waals surface area contributed by atoms with Crippen LogP contribution in [0.5, 0.6) is 5.75 Å². The molecule has 1 atom stereocenters. The van der Waals surface area contributed by atoms with Crippen molar-refractivity contribution in [3.63, 3.8) is 0 Å². The van der Waals surface area contributed by atoms with E-state index in [1.54, 1.807) is 24.6 Å². The van der Waals surface area contributed by atoms with Gasteiger partial charge in [0.05, 0.1) is 35.2 Å². The number of nitrogens with zero attached hydrogens (tertiary/aromatic N) is 4. The summed E-state index contributed by atoms with van der Waals surface area (Å²) in [4.78, 5) is 43.4. The third kappa shape index (κ3) is 14.7. The normalized spacial score (nSPS) is 15.7. The molecule has 2 heterocycles. The molecule has 2 aliphatic heterocycles. The minimum atomic E-state index is -2.95. The van der Waals surface area contributed by atoms with Gasteiger partial charge in [-0.25, -0.2) is 8.78 Å². The number of carbonyl (C=O) groups excluding carboxylic acids is 3. The van der Waals surface area contributed by atoms with Gasteiger partial charge in [-0.3, -0.25) is 24.2 Å². The highest BCUT2D eigenvalue weighted by Crippen LogP contribution is 2.31. The van der Waals surface area contributed by atoms with Crippen LogP contribution >= 0.6 is 12.2 Å². The van der Waals surface area contributed by atoms with Gasteiger partial charge in [0.15, 0.2) is 5.78 Å². The van der Waals surface area contributed by atoms with Gasteiger partial charge < -0.3 is 25.6 Å². The fraction of sp³-hybridized carbons (Fsp3) is 0.468. The Labute approximate surface area is 366 Å². The fourth-order valence-corrected chi connectivity index (χ4v) is 7.40. The molecule has 14 heteroatoms. The van der Waals surface area contributed by atoms with Crippen LogP contribution in [0.25, 0.3) is 0 Å². The first-order valence-corrected chi connectivity index (χ1v) is 21.5. The second-order valence-corrected chi connectivity index (χ2v) is 15.6. The largest absolute Gasteiger partial charge is 0.492 e. The number of thiocarbonyl (C=S) groups is 1. The Morgan fingerprint density at radius 3 is 2.31 bits per heavy atom. The van der Waals surface area contributed by atoms with Crippen molar-refractivity contribution in [3.8, 4) is 11.8 Å². The zero-order valence-electron chi connectivity index (χ0n) is 37.0. The molecule has 0 bridgehead atoms. The van der Waals surface area contributed by atoms with Crippen LogP contribution in [0.1, 0.15) is 90.0 Å². The van der Waals surface area contributed by atoms with Crippen LogP contribution in [0.4, 0.5) is 25.8 Å². The maximum Gasteiger partial charge on any atom is 0.271 e. The summed E-state index contributed by atoms with van der Waals surface area (Å²) in [5.41, 5.74) is 5.62. The van der Waals surface area contributed by atoms with Gasteiger partial charge in [-0.05, 0) is 87.7 Å². The third-order valence-electron chi connectivity index (χ3n) is 10.5. The molecule has 3 aromatic carbocycles. The predicted octanol–water partition coefficient (Wildman–Crippen LogP) is 8.61. The van der Waals surface area contributed by atoms with Gasteiger partial charge in [-0.2, -0.15) is 5.26 Å². The molecule has 2 fully saturated rings. The smallest absolute Gasteiger partial charge is 0.271 e. The number of Topliss-reactive ketones (excluding diaryl/α,β-unsaturated/α-hetero) is 1. The molecule has 0 aliphatic carbocycles. The van der Waals surface area contributed by atoms with Crippen LogP contribution in [0.2, 0.25) is 0 Å². The number of benzene rings is 3. The maximum absolute atomic E-state index is 12.9. The molecule has 61 heavy (non-hydrogen) atoms. The standard InChI is InChI=1S/C35H48N6O4S.C10H9F2N.C2H6/c1-6-26-21-29(41(24-46)35(4,5)32(42)7-2)11-13-31(26)45-20-19-39-15-17-40(18-16-39)23-34(44)38-28-10-8-9-27(22-28)37-30-12-14-33(43)36-25(30)3;1-7-3-4-8(6-13)9(5-7)10(2,11)12;1-2/h8-11,13,21-22,24,30,37H,3,6-7,12,14-20,23H2,1-2,4-5H3,(H,36,43)(H,38,44);3-5H,1-2H3;1-2H3. The Kier molecular flexibility index (Phi) is 19.5. The first kappa shape index (κ1) is 50.1. The quantitative estimate of drug-likeness (QED) is 0.121. The van der Waals surface area contributed by atoms with Crippen molar-refractivity contribution in [2.45, 2.75) is 98.6 Å². The van der Waals surface area contributed by atoms with Crippen molar-refractivity contribution in [2.24, 2.45) is 0 Å². The number of nitrogens with one attached hydrogen (secondary N) is 3. The molecule has 0 saturated carbocycles. The van der Waals surface area contributed by atoms with Crippen molar-refractivity contribution < 1.29 is 27.9 Å². The molecule has 2 saturated heterocycles. The van der Waals surface area contributed by atoms with E-state index in [-0.39, 0.29) is 34.8 Å². The van der Waals surface area contributed by atoms with E-state index in [1.165, 1.54) is 12.1 Å². The average molecular weight is 860 g/mol. The maximum atomic E-state index is 12.9. The van der Waals surface area contributed by atoms with Crippen molar-refractivity contribution in [1.82, 2.24) is 15.1 Å². The average Bonchev–Trinajstić information content (AvgIpc) is 3.23. The summed E-state index contributed by atoms with van der Waals surface area (Å²) in [5, 5.41) is 17.8. The van der Waals surface area contributed by atoms with Crippen molar-refractivity contribution in [1.29, 1.82) is 5.26 Å². The Morgan fingerprint density at radius 1 is 1.03 bits per heavy atom. The Hall–Kier alpha value is -5.23. The number of halogens is 2. The van der Waals surface area contributed by atoms with E-state index in [2.05, 4.69) is 45.3 Å². The highest BCUT2D eigenvalue weighted by molar-refractivity contribution is 7.79. The molecule has 0 spiro atoms. The number of nitriles is 1. The number of aryl methyl sites for hydroxylation is 2. The summed E-state index contributed by atoms with van der Waals surface area (Å²) in [6, 6.07) is 19.7. The summed E-state index contributed by atoms with van der Waals surface area (Å²) in [6.07, 6.45) is 2.39. The van der Waals surface area contributed by atoms with E-state index in [0.29, 0.717) is 38.1 Å². The number of hydrogen-bond acceptors (Lipinski definition) is 9. The minimum absolute atomic E-state index is 0.00663. The summed E-state index contributed by atoms with van der Waals surface area (Å²) >= 11 is 5.29. The molecule has 3 aromatic rings. The predicted molar refractivity (Wildman–Crippen MR) is 246 cm³/mol. The molecule has 2 aliphatic rings. The number of alkyl halides is 2. The zero-order valence-corrected chi connectivity index (χ0v) is 37.8. The molecular weight excluding hydrogens is 797 g/mol. The van der Waals surface area contributed by atoms with Crippen LogP contribution in [0, 0.1) is 18.3 Å². The van der Waals surface area contributed by atoms with Crippen LogP contribution in [-0.2, 0) is 26.7 Å². The van der Waals surface area contributed by atoms with E-state index >= 15 is 0 Å². The van der Waals surface area contributed by atoms with E-state index in [0.717, 1.165) is 80.0 Å².